The van der Waals surface area contributed by atoms with E-state index in [1.807, 2.05) is 42.6 Å². The van der Waals surface area contributed by atoms with Crippen molar-refractivity contribution in [3.63, 3.8) is 0 Å². The summed E-state index contributed by atoms with van der Waals surface area (Å²) in [6.45, 7) is 0.461. The SMILES string of the molecule is NC(=O)CCNc1nc(Nc2cccc(-c3ccncc3)c2)ncc1C1CC1. The fourth-order valence-corrected chi connectivity index (χ4v) is 3.04. The molecule has 1 fully saturated rings. The average molecular weight is 374 g/mol. The first-order valence-electron chi connectivity index (χ1n) is 9.35. The Morgan fingerprint density at radius 3 is 2.71 bits per heavy atom. The van der Waals surface area contributed by atoms with Gasteiger partial charge < -0.3 is 16.4 Å². The third kappa shape index (κ3) is 4.43. The van der Waals surface area contributed by atoms with Crippen molar-refractivity contribution in [1.82, 2.24) is 15.0 Å². The minimum atomic E-state index is -0.333. The number of carbonyl (C=O) groups excluding carboxylic acids is 1. The third-order valence-corrected chi connectivity index (χ3v) is 4.63. The lowest BCUT2D eigenvalue weighted by atomic mass is 10.1. The second-order valence-corrected chi connectivity index (χ2v) is 6.86. The number of hydrogen-bond acceptors (Lipinski definition) is 6. The highest BCUT2D eigenvalue weighted by Gasteiger charge is 2.27. The molecular weight excluding hydrogens is 352 g/mol. The lowest BCUT2D eigenvalue weighted by Gasteiger charge is -2.13. The van der Waals surface area contributed by atoms with Crippen LogP contribution >= 0.6 is 0 Å². The molecule has 1 aromatic carbocycles. The molecule has 0 unspecified atom stereocenters. The normalized spacial score (nSPS) is 13.1. The largest absolute Gasteiger partial charge is 0.370 e. The molecule has 28 heavy (non-hydrogen) atoms. The Morgan fingerprint density at radius 1 is 1.14 bits per heavy atom. The van der Waals surface area contributed by atoms with Gasteiger partial charge in [-0.25, -0.2) is 4.98 Å². The van der Waals surface area contributed by atoms with Gasteiger partial charge in [-0.05, 0) is 54.2 Å². The maximum atomic E-state index is 11.0. The maximum Gasteiger partial charge on any atom is 0.229 e. The molecule has 7 heteroatoms. The first-order valence-corrected chi connectivity index (χ1v) is 9.35. The van der Waals surface area contributed by atoms with Crippen molar-refractivity contribution in [2.24, 2.45) is 5.73 Å². The number of carbonyl (C=O) groups is 1. The van der Waals surface area contributed by atoms with E-state index in [1.54, 1.807) is 12.4 Å². The van der Waals surface area contributed by atoms with Gasteiger partial charge in [0.2, 0.25) is 11.9 Å². The number of hydrogen-bond donors (Lipinski definition) is 3. The zero-order chi connectivity index (χ0) is 19.3. The molecule has 2 aromatic heterocycles. The lowest BCUT2D eigenvalue weighted by molar-refractivity contribution is -0.117. The fourth-order valence-electron chi connectivity index (χ4n) is 3.04. The number of primary amides is 1. The molecule has 1 aliphatic carbocycles. The van der Waals surface area contributed by atoms with E-state index in [0.29, 0.717) is 18.4 Å². The first-order chi connectivity index (χ1) is 13.7. The minimum Gasteiger partial charge on any atom is -0.370 e. The monoisotopic (exact) mass is 374 g/mol. The Labute approximate surface area is 163 Å². The molecule has 0 radical (unpaired) electrons. The number of rotatable bonds is 8. The minimum absolute atomic E-state index is 0.269. The Balaban J connectivity index is 1.54. The summed E-state index contributed by atoms with van der Waals surface area (Å²) in [5, 5.41) is 6.50. The highest BCUT2D eigenvalue weighted by atomic mass is 16.1. The van der Waals surface area contributed by atoms with Crippen LogP contribution in [0.3, 0.4) is 0 Å². The summed E-state index contributed by atoms with van der Waals surface area (Å²) in [4.78, 5) is 24.2. The van der Waals surface area contributed by atoms with E-state index >= 15 is 0 Å². The zero-order valence-corrected chi connectivity index (χ0v) is 15.4. The first kappa shape index (κ1) is 17.9. The van der Waals surface area contributed by atoms with E-state index in [1.165, 1.54) is 0 Å². The summed E-state index contributed by atoms with van der Waals surface area (Å²) >= 11 is 0. The molecule has 7 nitrogen and oxygen atoms in total. The number of nitrogens with two attached hydrogens (primary N) is 1. The quantitative estimate of drug-likeness (QED) is 0.558. The highest BCUT2D eigenvalue weighted by molar-refractivity contribution is 5.74. The molecule has 0 saturated heterocycles. The summed E-state index contributed by atoms with van der Waals surface area (Å²) in [5.74, 6) is 1.45. The Bertz CT molecular complexity index is 972. The summed E-state index contributed by atoms with van der Waals surface area (Å²) in [6.07, 6.45) is 7.98. The second kappa shape index (κ2) is 8.04. The molecule has 1 saturated carbocycles. The number of pyridine rings is 1. The number of nitrogens with zero attached hydrogens (tertiary/aromatic N) is 3. The maximum absolute atomic E-state index is 11.0. The van der Waals surface area contributed by atoms with Crippen LogP contribution in [-0.4, -0.2) is 27.4 Å². The van der Waals surface area contributed by atoms with Gasteiger partial charge in [0.1, 0.15) is 5.82 Å². The summed E-state index contributed by atoms with van der Waals surface area (Å²) in [6, 6.07) is 12.0. The number of amides is 1. The van der Waals surface area contributed by atoms with Crippen LogP contribution in [-0.2, 0) is 4.79 Å². The van der Waals surface area contributed by atoms with Gasteiger partial charge in [-0.15, -0.1) is 0 Å². The van der Waals surface area contributed by atoms with E-state index in [-0.39, 0.29) is 12.3 Å². The van der Waals surface area contributed by atoms with Crippen LogP contribution in [0, 0.1) is 0 Å². The van der Waals surface area contributed by atoms with Crippen molar-refractivity contribution in [2.45, 2.75) is 25.2 Å². The summed E-state index contributed by atoms with van der Waals surface area (Å²) in [7, 11) is 0. The zero-order valence-electron chi connectivity index (χ0n) is 15.4. The molecule has 142 valence electrons. The molecule has 0 bridgehead atoms. The topological polar surface area (TPSA) is 106 Å². The number of benzene rings is 1. The molecular formula is C21H22N6O. The standard InChI is InChI=1S/C21H22N6O/c22-19(28)8-11-24-20-18(15-4-5-15)13-25-21(27-20)26-17-3-1-2-16(12-17)14-6-9-23-10-7-14/h1-3,6-7,9-10,12-13,15H,4-5,8,11H2,(H2,22,28)(H2,24,25,26,27). The molecule has 4 rings (SSSR count). The van der Waals surface area contributed by atoms with Crippen molar-refractivity contribution in [3.05, 3.63) is 60.6 Å². The van der Waals surface area contributed by atoms with Gasteiger partial charge in [-0.1, -0.05) is 12.1 Å². The molecule has 0 atom stereocenters. The lowest BCUT2D eigenvalue weighted by Crippen LogP contribution is -2.17. The molecule has 0 spiro atoms. The average Bonchev–Trinajstić information content (AvgIpc) is 3.54. The Kier molecular flexibility index (Phi) is 5.14. The fraction of sp³-hybridized carbons (Fsp3) is 0.238. The highest BCUT2D eigenvalue weighted by Crippen LogP contribution is 2.42. The second-order valence-electron chi connectivity index (χ2n) is 6.86. The van der Waals surface area contributed by atoms with E-state index in [4.69, 9.17) is 5.73 Å². The van der Waals surface area contributed by atoms with E-state index in [9.17, 15) is 4.79 Å². The van der Waals surface area contributed by atoms with Gasteiger partial charge in [-0.3, -0.25) is 9.78 Å². The number of nitrogens with one attached hydrogen (secondary N) is 2. The van der Waals surface area contributed by atoms with Crippen LogP contribution in [0.1, 0.15) is 30.7 Å². The van der Waals surface area contributed by atoms with Crippen LogP contribution in [0.5, 0.6) is 0 Å². The smallest absolute Gasteiger partial charge is 0.229 e. The molecule has 1 amide bonds. The van der Waals surface area contributed by atoms with Crippen molar-refractivity contribution in [3.8, 4) is 11.1 Å². The summed E-state index contributed by atoms with van der Waals surface area (Å²) in [5.41, 5.74) is 9.41. The van der Waals surface area contributed by atoms with Crippen LogP contribution in [0.4, 0.5) is 17.5 Å². The molecule has 4 N–H and O–H groups in total. The molecule has 3 aromatic rings. The van der Waals surface area contributed by atoms with Crippen LogP contribution < -0.4 is 16.4 Å². The molecule has 2 heterocycles. The van der Waals surface area contributed by atoms with Crippen molar-refractivity contribution in [2.75, 3.05) is 17.2 Å². The van der Waals surface area contributed by atoms with Crippen molar-refractivity contribution < 1.29 is 4.79 Å². The Hall–Kier alpha value is -3.48. The van der Waals surface area contributed by atoms with Gasteiger partial charge in [0.05, 0.1) is 0 Å². The predicted molar refractivity (Wildman–Crippen MR) is 109 cm³/mol. The van der Waals surface area contributed by atoms with Crippen molar-refractivity contribution >= 4 is 23.4 Å². The van der Waals surface area contributed by atoms with E-state index < -0.39 is 0 Å². The molecule has 1 aliphatic rings. The molecule has 0 aliphatic heterocycles. The number of anilines is 3. The Morgan fingerprint density at radius 2 is 1.96 bits per heavy atom. The van der Waals surface area contributed by atoms with Gasteiger partial charge in [-0.2, -0.15) is 4.98 Å². The van der Waals surface area contributed by atoms with Crippen LogP contribution in [0.15, 0.2) is 55.0 Å². The van der Waals surface area contributed by atoms with Crippen LogP contribution in [0.2, 0.25) is 0 Å². The van der Waals surface area contributed by atoms with E-state index in [0.717, 1.165) is 41.0 Å². The van der Waals surface area contributed by atoms with E-state index in [2.05, 4.69) is 25.6 Å². The van der Waals surface area contributed by atoms with Gasteiger partial charge in [0, 0.05) is 42.8 Å². The summed E-state index contributed by atoms with van der Waals surface area (Å²) < 4.78 is 0. The third-order valence-electron chi connectivity index (χ3n) is 4.63. The van der Waals surface area contributed by atoms with Gasteiger partial charge >= 0.3 is 0 Å². The number of aromatic nitrogens is 3. The van der Waals surface area contributed by atoms with Crippen molar-refractivity contribution in [1.29, 1.82) is 0 Å². The predicted octanol–water partition coefficient (Wildman–Crippen LogP) is 3.45. The van der Waals surface area contributed by atoms with Crippen LogP contribution in [0.25, 0.3) is 11.1 Å². The van der Waals surface area contributed by atoms with Gasteiger partial charge in [0.25, 0.3) is 0 Å². The van der Waals surface area contributed by atoms with Gasteiger partial charge in [0.15, 0.2) is 0 Å².